The summed E-state index contributed by atoms with van der Waals surface area (Å²) in [5, 5.41) is 3.17. The number of anilines is 1. The number of nitrogens with one attached hydrogen (secondary N) is 1. The van der Waals surface area contributed by atoms with Gasteiger partial charge in [0.2, 0.25) is 15.9 Å². The molecule has 1 N–H and O–H groups in total. The van der Waals surface area contributed by atoms with E-state index >= 15 is 0 Å². The number of rotatable bonds is 15. The number of sulfonamides is 1. The highest BCUT2D eigenvalue weighted by molar-refractivity contribution is 7.89. The van der Waals surface area contributed by atoms with Crippen LogP contribution in [0.25, 0.3) is 0 Å². The van der Waals surface area contributed by atoms with Crippen molar-refractivity contribution < 1.29 is 32.2 Å². The minimum Gasteiger partial charge on any atom is -0.479 e. The van der Waals surface area contributed by atoms with Gasteiger partial charge < -0.3 is 29.2 Å². The van der Waals surface area contributed by atoms with Gasteiger partial charge in [0.25, 0.3) is 0 Å². The molecule has 10 nitrogen and oxygen atoms in total. The number of carbonyl (C=O) groups excluding carboxylic acids is 1. The molecule has 0 saturated carbocycles. The molecule has 54 heavy (non-hydrogen) atoms. The fourth-order valence-corrected chi connectivity index (χ4v) is 9.70. The molecule has 0 aliphatic carbocycles. The van der Waals surface area contributed by atoms with Crippen LogP contribution in [-0.2, 0) is 41.2 Å². The third kappa shape index (κ3) is 9.66. The normalized spacial score (nSPS) is 22.7. The van der Waals surface area contributed by atoms with Crippen LogP contribution in [0.4, 0.5) is 5.69 Å². The van der Waals surface area contributed by atoms with Crippen molar-refractivity contribution in [3.05, 3.63) is 89.5 Å². The van der Waals surface area contributed by atoms with Crippen LogP contribution in [0.15, 0.2) is 77.7 Å². The van der Waals surface area contributed by atoms with Crippen LogP contribution in [-0.4, -0.2) is 83.9 Å². The van der Waals surface area contributed by atoms with Crippen molar-refractivity contribution in [3.63, 3.8) is 0 Å². The number of amides is 1. The quantitative estimate of drug-likeness (QED) is 0.168. The first kappa shape index (κ1) is 40.2. The van der Waals surface area contributed by atoms with Gasteiger partial charge in [-0.2, -0.15) is 4.31 Å². The van der Waals surface area contributed by atoms with Gasteiger partial charge in [-0.05, 0) is 93.7 Å². The molecule has 3 aliphatic heterocycles. The second-order valence-corrected chi connectivity index (χ2v) is 18.1. The van der Waals surface area contributed by atoms with E-state index in [0.29, 0.717) is 51.5 Å². The van der Waals surface area contributed by atoms with E-state index in [2.05, 4.69) is 35.3 Å². The fourth-order valence-electron chi connectivity index (χ4n) is 8.02. The van der Waals surface area contributed by atoms with Crippen molar-refractivity contribution in [3.8, 4) is 5.75 Å². The Morgan fingerprint density at radius 1 is 1.00 bits per heavy atom. The average Bonchev–Trinajstić information content (AvgIpc) is 3.17. The molecule has 0 radical (unpaired) electrons. The van der Waals surface area contributed by atoms with E-state index in [-0.39, 0.29) is 29.5 Å². The van der Waals surface area contributed by atoms with Crippen LogP contribution in [0, 0.1) is 18.3 Å². The molecule has 3 aliphatic rings. The zero-order valence-electron chi connectivity index (χ0n) is 32.7. The fraction of sp³-hybridized carbons (Fsp3) is 0.558. The van der Waals surface area contributed by atoms with Gasteiger partial charge in [-0.1, -0.05) is 67.9 Å². The highest BCUT2D eigenvalue weighted by Gasteiger charge is 2.42. The van der Waals surface area contributed by atoms with Crippen molar-refractivity contribution in [2.45, 2.75) is 95.5 Å². The number of aryl methyl sites for hydroxylation is 1. The van der Waals surface area contributed by atoms with Crippen LogP contribution in [0.2, 0.25) is 0 Å². The molecule has 6 rings (SSSR count). The Labute approximate surface area is 322 Å². The smallest absolute Gasteiger partial charge is 0.243 e. The molecule has 3 heterocycles. The molecule has 2 fully saturated rings. The van der Waals surface area contributed by atoms with Gasteiger partial charge in [-0.25, -0.2) is 8.42 Å². The molecule has 294 valence electrons. The van der Waals surface area contributed by atoms with Crippen molar-refractivity contribution in [2.24, 2.45) is 11.3 Å². The standard InChI is InChI=1S/C43H59N3O7S/c1-32-12-17-38(18-13-32)54(48,49)46-29-37(16-15-36(46)27-42(2,3)41(47)44-28-33-20-24-51-25-21-33)52-30-34-14-19-40-39(26-34)45(22-9-23-50-5)31-43(4,53-40)35-10-7-6-8-11-35/h6-8,10-14,17-19,26,33,36-37H,9,15-16,20-25,27-31H2,1-5H3,(H,44,47)/t36-,37+,43?/m0/s1. The summed E-state index contributed by atoms with van der Waals surface area (Å²) in [6, 6.07) is 23.2. The van der Waals surface area contributed by atoms with E-state index < -0.39 is 21.0 Å². The molecule has 2 saturated heterocycles. The Bertz CT molecular complexity index is 1800. The molecular formula is C43H59N3O7S. The summed E-state index contributed by atoms with van der Waals surface area (Å²) in [5.74, 6) is 1.18. The molecular weight excluding hydrogens is 703 g/mol. The Kier molecular flexibility index (Phi) is 13.1. The molecule has 3 atom stereocenters. The topological polar surface area (TPSA) is 107 Å². The zero-order chi connectivity index (χ0) is 38.3. The summed E-state index contributed by atoms with van der Waals surface area (Å²) in [4.78, 5) is 16.1. The number of hydrogen-bond donors (Lipinski definition) is 1. The summed E-state index contributed by atoms with van der Waals surface area (Å²) in [5.41, 5.74) is 2.86. The Morgan fingerprint density at radius 2 is 1.74 bits per heavy atom. The number of fused-ring (bicyclic) bond motifs is 1. The molecule has 11 heteroatoms. The summed E-state index contributed by atoms with van der Waals surface area (Å²) < 4.78 is 54.3. The van der Waals surface area contributed by atoms with E-state index in [1.165, 1.54) is 0 Å². The maximum atomic E-state index is 14.3. The first-order chi connectivity index (χ1) is 25.9. The second kappa shape index (κ2) is 17.5. The van der Waals surface area contributed by atoms with Gasteiger partial charge in [-0.3, -0.25) is 4.79 Å². The van der Waals surface area contributed by atoms with Crippen LogP contribution >= 0.6 is 0 Å². The third-order valence-corrected chi connectivity index (χ3v) is 13.3. The molecule has 3 aromatic rings. The molecule has 0 bridgehead atoms. The van der Waals surface area contributed by atoms with Crippen LogP contribution in [0.5, 0.6) is 5.75 Å². The lowest BCUT2D eigenvalue weighted by Gasteiger charge is -2.43. The van der Waals surface area contributed by atoms with Gasteiger partial charge in [-0.15, -0.1) is 0 Å². The highest BCUT2D eigenvalue weighted by Crippen LogP contribution is 2.42. The SMILES string of the molecule is COCCCN1CC(C)(c2ccccc2)Oc2ccc(CO[C@@H]3CC[C@@H](CC(C)(C)C(=O)NCC4CCOCC4)N(S(=O)(=O)c4ccc(C)cc4)C3)cc21. The maximum Gasteiger partial charge on any atom is 0.243 e. The largest absolute Gasteiger partial charge is 0.479 e. The lowest BCUT2D eigenvalue weighted by Crippen LogP contribution is -2.52. The minimum atomic E-state index is -3.86. The van der Waals surface area contributed by atoms with Crippen LogP contribution < -0.4 is 15.0 Å². The Hall–Kier alpha value is -3.48. The molecule has 0 aromatic heterocycles. The van der Waals surface area contributed by atoms with E-state index in [0.717, 1.165) is 67.1 Å². The van der Waals surface area contributed by atoms with Gasteiger partial charge >= 0.3 is 0 Å². The Morgan fingerprint density at radius 3 is 2.46 bits per heavy atom. The average molecular weight is 762 g/mol. The predicted octanol–water partition coefficient (Wildman–Crippen LogP) is 6.84. The van der Waals surface area contributed by atoms with Gasteiger partial charge in [0.05, 0.1) is 29.8 Å². The van der Waals surface area contributed by atoms with Crippen LogP contribution in [0.1, 0.15) is 76.0 Å². The number of methoxy groups -OCH3 is 1. The first-order valence-corrected chi connectivity index (χ1v) is 21.0. The summed E-state index contributed by atoms with van der Waals surface area (Å²) >= 11 is 0. The summed E-state index contributed by atoms with van der Waals surface area (Å²) in [6.45, 7) is 12.7. The minimum absolute atomic E-state index is 0.0446. The number of piperidine rings is 1. The third-order valence-electron chi connectivity index (χ3n) is 11.3. The number of carbonyl (C=O) groups is 1. The summed E-state index contributed by atoms with van der Waals surface area (Å²) in [6.07, 6.45) is 4.14. The number of nitrogens with zero attached hydrogens (tertiary/aromatic N) is 2. The van der Waals surface area contributed by atoms with Gasteiger partial charge in [0.15, 0.2) is 0 Å². The van der Waals surface area contributed by atoms with Crippen molar-refractivity contribution in [2.75, 3.05) is 58.0 Å². The maximum absolute atomic E-state index is 14.3. The summed E-state index contributed by atoms with van der Waals surface area (Å²) in [7, 11) is -2.13. The van der Waals surface area contributed by atoms with E-state index in [1.807, 2.05) is 63.2 Å². The van der Waals surface area contributed by atoms with Crippen molar-refractivity contribution in [1.82, 2.24) is 9.62 Å². The highest BCUT2D eigenvalue weighted by atomic mass is 32.2. The van der Waals surface area contributed by atoms with E-state index in [4.69, 9.17) is 18.9 Å². The number of benzene rings is 3. The lowest BCUT2D eigenvalue weighted by molar-refractivity contribution is -0.131. The monoisotopic (exact) mass is 761 g/mol. The van der Waals surface area contributed by atoms with E-state index in [1.54, 1.807) is 23.5 Å². The first-order valence-electron chi connectivity index (χ1n) is 19.6. The molecule has 1 amide bonds. The van der Waals surface area contributed by atoms with Gasteiger partial charge in [0.1, 0.15) is 11.4 Å². The molecule has 0 spiro atoms. The van der Waals surface area contributed by atoms with Crippen molar-refractivity contribution in [1.29, 1.82) is 0 Å². The van der Waals surface area contributed by atoms with E-state index in [9.17, 15) is 13.2 Å². The van der Waals surface area contributed by atoms with Gasteiger partial charge in [0, 0.05) is 58.0 Å². The zero-order valence-corrected chi connectivity index (χ0v) is 33.5. The lowest BCUT2D eigenvalue weighted by atomic mass is 9.82. The molecule has 1 unspecified atom stereocenters. The predicted molar refractivity (Wildman–Crippen MR) is 211 cm³/mol. The van der Waals surface area contributed by atoms with Crippen molar-refractivity contribution >= 4 is 21.6 Å². The Balaban J connectivity index is 1.16. The van der Waals surface area contributed by atoms with Crippen LogP contribution in [0.3, 0.4) is 0 Å². The second-order valence-electron chi connectivity index (χ2n) is 16.2. The molecule has 3 aromatic carbocycles. The number of hydrogen-bond acceptors (Lipinski definition) is 8. The number of ether oxygens (including phenoxy) is 4.